The lowest BCUT2D eigenvalue weighted by molar-refractivity contribution is 0.712. The van der Waals surface area contributed by atoms with E-state index < -0.39 is 0 Å². The zero-order valence-corrected chi connectivity index (χ0v) is 18.6. The van der Waals surface area contributed by atoms with Crippen molar-refractivity contribution in [3.63, 3.8) is 0 Å². The van der Waals surface area contributed by atoms with E-state index in [4.69, 9.17) is 0 Å². The van der Waals surface area contributed by atoms with Gasteiger partial charge in [0.15, 0.2) is 5.82 Å². The largest absolute Gasteiger partial charge is 0.337 e. The van der Waals surface area contributed by atoms with Crippen molar-refractivity contribution in [3.05, 3.63) is 103 Å². The second-order valence-electron chi connectivity index (χ2n) is 8.16. The minimum absolute atomic E-state index is 0.512. The molecule has 0 aliphatic rings. The number of benzene rings is 3. The summed E-state index contributed by atoms with van der Waals surface area (Å²) in [6.45, 7) is 2.76. The molecule has 34 heavy (non-hydrogen) atoms. The molecule has 0 atom stereocenters. The minimum Gasteiger partial charge on any atom is -0.337 e. The number of hydrogen-bond acceptors (Lipinski definition) is 6. The quantitative estimate of drug-likeness (QED) is 0.360. The number of nitrogens with one attached hydrogen (secondary N) is 2. The number of aromatic nitrogens is 6. The third-order valence-electron chi connectivity index (χ3n) is 5.61. The van der Waals surface area contributed by atoms with Crippen molar-refractivity contribution in [2.24, 2.45) is 0 Å². The Labute approximate surface area is 195 Å². The second kappa shape index (κ2) is 8.32. The van der Waals surface area contributed by atoms with E-state index in [0.29, 0.717) is 24.0 Å². The van der Waals surface area contributed by atoms with Crippen molar-refractivity contribution in [1.82, 2.24) is 29.4 Å². The van der Waals surface area contributed by atoms with E-state index in [1.165, 1.54) is 11.1 Å². The van der Waals surface area contributed by atoms with Gasteiger partial charge in [0.25, 0.3) is 0 Å². The molecule has 0 saturated heterocycles. The fraction of sp³-hybridized carbons (Fsp3) is 0.0769. The van der Waals surface area contributed by atoms with E-state index in [1.807, 2.05) is 47.3 Å². The van der Waals surface area contributed by atoms with E-state index >= 15 is 0 Å². The standard InChI is InChI=1S/C26H22N8/c1-18-6-5-9-21(14-18)30-26-31-25-24(27-12-13-33(25)32-26)29-22-11-10-20-16-28-34(23(20)15-22)17-19-7-3-2-4-8-19/h2-16H,17H2,1H3,(H,27,29)(H,30,32). The fourth-order valence-electron chi connectivity index (χ4n) is 3.98. The van der Waals surface area contributed by atoms with Crippen LogP contribution in [0.15, 0.2) is 91.4 Å². The van der Waals surface area contributed by atoms with Crippen LogP contribution in [0.2, 0.25) is 0 Å². The number of hydrogen-bond donors (Lipinski definition) is 2. The van der Waals surface area contributed by atoms with Gasteiger partial charge in [-0.15, -0.1) is 5.10 Å². The van der Waals surface area contributed by atoms with Gasteiger partial charge in [-0.3, -0.25) is 4.68 Å². The highest BCUT2D eigenvalue weighted by Crippen LogP contribution is 2.25. The van der Waals surface area contributed by atoms with Crippen LogP contribution >= 0.6 is 0 Å². The molecule has 0 radical (unpaired) electrons. The van der Waals surface area contributed by atoms with Gasteiger partial charge in [-0.05, 0) is 48.4 Å². The van der Waals surface area contributed by atoms with E-state index in [1.54, 1.807) is 16.9 Å². The van der Waals surface area contributed by atoms with Gasteiger partial charge in [0.2, 0.25) is 11.6 Å². The summed E-state index contributed by atoms with van der Waals surface area (Å²) >= 11 is 0. The Hall–Kier alpha value is -4.72. The lowest BCUT2D eigenvalue weighted by atomic mass is 10.2. The molecule has 2 N–H and O–H groups in total. The maximum Gasteiger partial charge on any atom is 0.247 e. The first-order chi connectivity index (χ1) is 16.7. The summed E-state index contributed by atoms with van der Waals surface area (Å²) in [4.78, 5) is 9.17. The molecule has 6 rings (SSSR count). The summed E-state index contributed by atoms with van der Waals surface area (Å²) in [5.74, 6) is 1.14. The molecule has 3 heterocycles. The Kier molecular flexibility index (Phi) is 4.88. The van der Waals surface area contributed by atoms with Crippen molar-refractivity contribution in [3.8, 4) is 0 Å². The summed E-state index contributed by atoms with van der Waals surface area (Å²) in [6, 6.07) is 24.6. The average molecular weight is 447 g/mol. The van der Waals surface area contributed by atoms with Gasteiger partial charge in [-0.25, -0.2) is 9.50 Å². The van der Waals surface area contributed by atoms with Crippen LogP contribution < -0.4 is 10.6 Å². The summed E-state index contributed by atoms with van der Waals surface area (Å²) in [6.07, 6.45) is 5.38. The molecule has 166 valence electrons. The highest BCUT2D eigenvalue weighted by molar-refractivity contribution is 5.84. The Bertz CT molecular complexity index is 1600. The van der Waals surface area contributed by atoms with Crippen LogP contribution in [0.1, 0.15) is 11.1 Å². The number of aryl methyl sites for hydroxylation is 1. The molecule has 0 aliphatic carbocycles. The average Bonchev–Trinajstić information content (AvgIpc) is 3.44. The molecule has 3 aromatic carbocycles. The van der Waals surface area contributed by atoms with E-state index in [-0.39, 0.29) is 0 Å². The number of rotatable bonds is 6. The molecule has 8 heteroatoms. The predicted octanol–water partition coefficient (Wildman–Crippen LogP) is 5.32. The summed E-state index contributed by atoms with van der Waals surface area (Å²) in [7, 11) is 0. The van der Waals surface area contributed by atoms with Gasteiger partial charge in [0, 0.05) is 29.2 Å². The molecule has 8 nitrogen and oxygen atoms in total. The van der Waals surface area contributed by atoms with Gasteiger partial charge in [0.05, 0.1) is 18.3 Å². The van der Waals surface area contributed by atoms with Crippen molar-refractivity contribution < 1.29 is 0 Å². The molecule has 0 amide bonds. The number of nitrogens with zero attached hydrogens (tertiary/aromatic N) is 6. The second-order valence-corrected chi connectivity index (χ2v) is 8.16. The monoisotopic (exact) mass is 446 g/mol. The highest BCUT2D eigenvalue weighted by Gasteiger charge is 2.11. The van der Waals surface area contributed by atoms with Crippen LogP contribution in [0.4, 0.5) is 23.1 Å². The maximum atomic E-state index is 4.66. The van der Waals surface area contributed by atoms with Crippen molar-refractivity contribution in [2.45, 2.75) is 13.5 Å². The smallest absolute Gasteiger partial charge is 0.247 e. The molecular formula is C26H22N8. The lowest BCUT2D eigenvalue weighted by Gasteiger charge is -2.08. The van der Waals surface area contributed by atoms with Crippen LogP contribution in [0.25, 0.3) is 16.6 Å². The van der Waals surface area contributed by atoms with E-state index in [0.717, 1.165) is 22.3 Å². The third-order valence-corrected chi connectivity index (χ3v) is 5.61. The van der Waals surface area contributed by atoms with Crippen LogP contribution in [-0.2, 0) is 6.54 Å². The van der Waals surface area contributed by atoms with Crippen molar-refractivity contribution in [1.29, 1.82) is 0 Å². The van der Waals surface area contributed by atoms with E-state index in [2.05, 4.69) is 74.1 Å². The summed E-state index contributed by atoms with van der Waals surface area (Å²) < 4.78 is 3.72. The zero-order chi connectivity index (χ0) is 22.9. The van der Waals surface area contributed by atoms with Crippen LogP contribution in [-0.4, -0.2) is 29.4 Å². The van der Waals surface area contributed by atoms with Crippen molar-refractivity contribution >= 4 is 39.7 Å². The Morgan fingerprint density at radius 2 is 1.76 bits per heavy atom. The third kappa shape index (κ3) is 3.93. The molecule has 0 fully saturated rings. The fourth-order valence-corrected chi connectivity index (χ4v) is 3.98. The van der Waals surface area contributed by atoms with Gasteiger partial charge in [-0.1, -0.05) is 42.5 Å². The van der Waals surface area contributed by atoms with Gasteiger partial charge in [0.1, 0.15) is 0 Å². The molecule has 0 aliphatic heterocycles. The molecule has 0 spiro atoms. The first kappa shape index (κ1) is 19.9. The van der Waals surface area contributed by atoms with Crippen LogP contribution in [0.3, 0.4) is 0 Å². The minimum atomic E-state index is 0.512. The molecule has 0 bridgehead atoms. The normalized spacial score (nSPS) is 11.2. The Balaban J connectivity index is 1.30. The Morgan fingerprint density at radius 1 is 0.882 bits per heavy atom. The van der Waals surface area contributed by atoms with Gasteiger partial charge in [-0.2, -0.15) is 10.1 Å². The van der Waals surface area contributed by atoms with Gasteiger partial charge >= 0.3 is 0 Å². The molecule has 0 saturated carbocycles. The number of fused-ring (bicyclic) bond motifs is 2. The van der Waals surface area contributed by atoms with Crippen molar-refractivity contribution in [2.75, 3.05) is 10.6 Å². The first-order valence-electron chi connectivity index (χ1n) is 11.0. The summed E-state index contributed by atoms with van der Waals surface area (Å²) in [5, 5.41) is 16.9. The molecular weight excluding hydrogens is 424 g/mol. The first-order valence-corrected chi connectivity index (χ1v) is 11.0. The molecule has 6 aromatic rings. The summed E-state index contributed by atoms with van der Waals surface area (Å²) in [5.41, 5.74) is 5.89. The zero-order valence-electron chi connectivity index (χ0n) is 18.6. The Morgan fingerprint density at radius 3 is 2.65 bits per heavy atom. The van der Waals surface area contributed by atoms with E-state index in [9.17, 15) is 0 Å². The highest BCUT2D eigenvalue weighted by atomic mass is 15.4. The SMILES string of the molecule is Cc1cccc(Nc2nc3c(Nc4ccc5cnn(Cc6ccccc6)c5c4)nccn3n2)c1. The number of anilines is 4. The lowest BCUT2D eigenvalue weighted by Crippen LogP contribution is -2.02. The van der Waals surface area contributed by atoms with Crippen LogP contribution in [0, 0.1) is 6.92 Å². The van der Waals surface area contributed by atoms with Gasteiger partial charge < -0.3 is 10.6 Å². The molecule has 3 aromatic heterocycles. The predicted molar refractivity (Wildman–Crippen MR) is 134 cm³/mol. The maximum absolute atomic E-state index is 4.66. The molecule has 0 unspecified atom stereocenters. The topological polar surface area (TPSA) is 85.0 Å². The van der Waals surface area contributed by atoms with Crippen LogP contribution in [0.5, 0.6) is 0 Å².